The Morgan fingerprint density at radius 3 is 2.50 bits per heavy atom. The first kappa shape index (κ1) is 17.1. The zero-order valence-electron chi connectivity index (χ0n) is 11.8. The lowest BCUT2D eigenvalue weighted by atomic mass is 10.4. The summed E-state index contributed by atoms with van der Waals surface area (Å²) in [5, 5.41) is 9.88. The number of carbonyl (C=O) groups is 1. The number of hydrogen-bond donors (Lipinski definition) is 1. The summed E-state index contributed by atoms with van der Waals surface area (Å²) in [4.78, 5) is 11.7. The lowest BCUT2D eigenvalue weighted by molar-refractivity contribution is -0.121. The van der Waals surface area contributed by atoms with Gasteiger partial charge in [0.25, 0.3) is 10.0 Å². The van der Waals surface area contributed by atoms with Crippen molar-refractivity contribution in [1.82, 2.24) is 24.6 Å². The molecule has 0 aliphatic heterocycles. The molecule has 0 bridgehead atoms. The first-order valence-electron chi connectivity index (χ1n) is 6.04. The van der Waals surface area contributed by atoms with E-state index in [1.807, 2.05) is 13.8 Å². The third kappa shape index (κ3) is 3.76. The van der Waals surface area contributed by atoms with E-state index in [4.69, 9.17) is 0 Å². The lowest BCUT2D eigenvalue weighted by Gasteiger charge is -2.20. The zero-order valence-corrected chi connectivity index (χ0v) is 14.2. The predicted octanol–water partition coefficient (Wildman–Crippen LogP) is 0.113. The van der Waals surface area contributed by atoms with Gasteiger partial charge in [-0.25, -0.2) is 13.1 Å². The third-order valence-electron chi connectivity index (χ3n) is 2.44. The highest BCUT2D eigenvalue weighted by Crippen LogP contribution is 2.21. The van der Waals surface area contributed by atoms with Crippen LogP contribution in [0.4, 0.5) is 0 Å². The molecular formula is C10H18BrN5O3S. The number of likely N-dealkylation sites (N-methyl/N-ethyl adjacent to an activating group) is 1. The van der Waals surface area contributed by atoms with E-state index in [-0.39, 0.29) is 34.7 Å². The first-order valence-corrected chi connectivity index (χ1v) is 8.28. The predicted molar refractivity (Wildman–Crippen MR) is 76.4 cm³/mol. The Morgan fingerprint density at radius 1 is 1.50 bits per heavy atom. The fourth-order valence-electron chi connectivity index (χ4n) is 1.61. The van der Waals surface area contributed by atoms with Crippen molar-refractivity contribution in [2.75, 3.05) is 13.1 Å². The summed E-state index contributed by atoms with van der Waals surface area (Å²) < 4.78 is 27.4. The van der Waals surface area contributed by atoms with Gasteiger partial charge in [0.05, 0.1) is 6.54 Å². The minimum absolute atomic E-state index is 0.0472. The molecule has 1 amide bonds. The van der Waals surface area contributed by atoms with E-state index in [1.54, 1.807) is 6.92 Å². The van der Waals surface area contributed by atoms with Crippen molar-refractivity contribution < 1.29 is 13.2 Å². The van der Waals surface area contributed by atoms with Gasteiger partial charge in [0.2, 0.25) is 10.9 Å². The Labute approximate surface area is 126 Å². The SMILES string of the molecule is CCN(CC(=O)NC(C)C)S(=O)(=O)c1c(Br)nnn1C. The van der Waals surface area contributed by atoms with Gasteiger partial charge in [-0.2, -0.15) is 4.31 Å². The molecular weight excluding hydrogens is 350 g/mol. The number of amides is 1. The van der Waals surface area contributed by atoms with Gasteiger partial charge < -0.3 is 5.32 Å². The molecule has 20 heavy (non-hydrogen) atoms. The number of carbonyl (C=O) groups excluding carboxylic acids is 1. The smallest absolute Gasteiger partial charge is 0.263 e. The van der Waals surface area contributed by atoms with Gasteiger partial charge in [-0.3, -0.25) is 4.79 Å². The Kier molecular flexibility index (Phi) is 5.66. The van der Waals surface area contributed by atoms with Crippen LogP contribution in [0.3, 0.4) is 0 Å². The summed E-state index contributed by atoms with van der Waals surface area (Å²) in [6, 6.07) is -0.0472. The number of hydrogen-bond acceptors (Lipinski definition) is 5. The lowest BCUT2D eigenvalue weighted by Crippen LogP contribution is -2.43. The van der Waals surface area contributed by atoms with Crippen molar-refractivity contribution in [3.8, 4) is 0 Å². The molecule has 0 fully saturated rings. The maximum absolute atomic E-state index is 12.5. The highest BCUT2D eigenvalue weighted by molar-refractivity contribution is 9.10. The summed E-state index contributed by atoms with van der Waals surface area (Å²) in [5.74, 6) is -0.350. The molecule has 0 unspecified atom stereocenters. The van der Waals surface area contributed by atoms with Crippen molar-refractivity contribution in [3.05, 3.63) is 4.60 Å². The maximum atomic E-state index is 12.5. The average molecular weight is 368 g/mol. The van der Waals surface area contributed by atoms with Crippen LogP contribution in [0.25, 0.3) is 0 Å². The number of aromatic nitrogens is 3. The number of sulfonamides is 1. The van der Waals surface area contributed by atoms with Crippen LogP contribution in [0.2, 0.25) is 0 Å². The number of aryl methyl sites for hydroxylation is 1. The normalized spacial score (nSPS) is 12.2. The number of nitrogens with zero attached hydrogens (tertiary/aromatic N) is 4. The molecule has 0 atom stereocenters. The molecule has 1 aromatic heterocycles. The second-order valence-corrected chi connectivity index (χ2v) is 7.07. The van der Waals surface area contributed by atoms with Crippen molar-refractivity contribution in [3.63, 3.8) is 0 Å². The molecule has 0 aliphatic rings. The highest BCUT2D eigenvalue weighted by Gasteiger charge is 2.31. The molecule has 1 rings (SSSR count). The van der Waals surface area contributed by atoms with Crippen molar-refractivity contribution in [1.29, 1.82) is 0 Å². The van der Waals surface area contributed by atoms with E-state index >= 15 is 0 Å². The molecule has 0 saturated heterocycles. The second-order valence-electron chi connectivity index (χ2n) is 4.46. The molecule has 0 spiro atoms. The van der Waals surface area contributed by atoms with Crippen LogP contribution in [0.15, 0.2) is 9.63 Å². The quantitative estimate of drug-likeness (QED) is 0.769. The van der Waals surface area contributed by atoms with Crippen LogP contribution in [0.1, 0.15) is 20.8 Å². The first-order chi connectivity index (χ1) is 9.20. The summed E-state index contributed by atoms with van der Waals surface area (Å²) in [6.07, 6.45) is 0. The van der Waals surface area contributed by atoms with Crippen molar-refractivity contribution in [2.24, 2.45) is 7.05 Å². The number of rotatable bonds is 6. The summed E-state index contributed by atoms with van der Waals surface area (Å²) >= 11 is 3.06. The van der Waals surface area contributed by atoms with Crippen molar-refractivity contribution >= 4 is 31.9 Å². The summed E-state index contributed by atoms with van der Waals surface area (Å²) in [7, 11) is -2.36. The molecule has 1 aromatic rings. The molecule has 0 aliphatic carbocycles. The average Bonchev–Trinajstić information content (AvgIpc) is 2.65. The molecule has 1 heterocycles. The van der Waals surface area contributed by atoms with Gasteiger partial charge in [-0.15, -0.1) is 5.10 Å². The monoisotopic (exact) mass is 367 g/mol. The van der Waals surface area contributed by atoms with Gasteiger partial charge in [-0.1, -0.05) is 12.1 Å². The molecule has 10 heteroatoms. The van der Waals surface area contributed by atoms with Crippen LogP contribution < -0.4 is 5.32 Å². The van der Waals surface area contributed by atoms with Crippen LogP contribution in [0, 0.1) is 0 Å². The number of halogens is 1. The van der Waals surface area contributed by atoms with E-state index in [0.717, 1.165) is 8.99 Å². The fraction of sp³-hybridized carbons (Fsp3) is 0.700. The largest absolute Gasteiger partial charge is 0.353 e. The van der Waals surface area contributed by atoms with Crippen LogP contribution in [-0.2, 0) is 21.9 Å². The van der Waals surface area contributed by atoms with Crippen molar-refractivity contribution in [2.45, 2.75) is 31.8 Å². The van der Waals surface area contributed by atoms with E-state index < -0.39 is 10.0 Å². The Bertz CT molecular complexity index is 564. The maximum Gasteiger partial charge on any atom is 0.263 e. The minimum atomic E-state index is -3.84. The van der Waals surface area contributed by atoms with Crippen LogP contribution in [0.5, 0.6) is 0 Å². The van der Waals surface area contributed by atoms with Gasteiger partial charge in [0.15, 0.2) is 4.60 Å². The third-order valence-corrected chi connectivity index (χ3v) is 5.25. The molecule has 8 nitrogen and oxygen atoms in total. The molecule has 0 saturated carbocycles. The number of nitrogens with one attached hydrogen (secondary N) is 1. The van der Waals surface area contributed by atoms with Gasteiger partial charge in [-0.05, 0) is 29.8 Å². The van der Waals surface area contributed by atoms with Crippen LogP contribution in [-0.4, -0.2) is 52.8 Å². The van der Waals surface area contributed by atoms with E-state index in [9.17, 15) is 13.2 Å². The molecule has 114 valence electrons. The Morgan fingerprint density at radius 2 is 2.10 bits per heavy atom. The topological polar surface area (TPSA) is 97.2 Å². The van der Waals surface area contributed by atoms with E-state index in [1.165, 1.54) is 7.05 Å². The van der Waals surface area contributed by atoms with E-state index in [0.29, 0.717) is 0 Å². The van der Waals surface area contributed by atoms with Gasteiger partial charge >= 0.3 is 0 Å². The molecule has 0 aromatic carbocycles. The second kappa shape index (κ2) is 6.64. The summed E-state index contributed by atoms with van der Waals surface area (Å²) in [5.41, 5.74) is 0. The minimum Gasteiger partial charge on any atom is -0.353 e. The fourth-order valence-corrected chi connectivity index (χ4v) is 4.05. The highest BCUT2D eigenvalue weighted by atomic mass is 79.9. The Hall–Kier alpha value is -1.00. The van der Waals surface area contributed by atoms with E-state index in [2.05, 4.69) is 31.6 Å². The Balaban J connectivity index is 3.03. The zero-order chi connectivity index (χ0) is 15.5. The standard InChI is InChI=1S/C10H18BrN5O3S/c1-5-16(6-8(17)12-7(2)3)20(18,19)10-9(11)13-14-15(10)4/h7H,5-6H2,1-4H3,(H,12,17). The summed E-state index contributed by atoms with van der Waals surface area (Å²) in [6.45, 7) is 5.21. The van der Waals surface area contributed by atoms with Crippen LogP contribution >= 0.6 is 15.9 Å². The molecule has 1 N–H and O–H groups in total. The van der Waals surface area contributed by atoms with Gasteiger partial charge in [0.1, 0.15) is 0 Å². The molecule has 0 radical (unpaired) electrons. The van der Waals surface area contributed by atoms with Gasteiger partial charge in [0, 0.05) is 19.6 Å².